The van der Waals surface area contributed by atoms with Crippen LogP contribution in [-0.4, -0.2) is 12.5 Å². The fourth-order valence-electron chi connectivity index (χ4n) is 1.57. The molecule has 1 aliphatic carbocycles. The summed E-state index contributed by atoms with van der Waals surface area (Å²) < 4.78 is 26.1. The van der Waals surface area contributed by atoms with Crippen molar-refractivity contribution in [3.63, 3.8) is 0 Å². The quantitative estimate of drug-likeness (QED) is 0.838. The second-order valence-corrected chi connectivity index (χ2v) is 4.09. The van der Waals surface area contributed by atoms with Crippen LogP contribution in [0.2, 0.25) is 0 Å². The summed E-state index contributed by atoms with van der Waals surface area (Å²) >= 11 is 0. The molecule has 0 radical (unpaired) electrons. The Morgan fingerprint density at radius 2 is 2.12 bits per heavy atom. The number of nitrogens with one attached hydrogen (secondary N) is 1. The first-order valence-electron chi connectivity index (χ1n) is 5.40. The van der Waals surface area contributed by atoms with E-state index in [2.05, 4.69) is 5.32 Å². The first-order chi connectivity index (χ1) is 7.68. The van der Waals surface area contributed by atoms with E-state index in [0.717, 1.165) is 12.5 Å². The third kappa shape index (κ3) is 2.56. The van der Waals surface area contributed by atoms with Gasteiger partial charge in [0.1, 0.15) is 0 Å². The lowest BCUT2D eigenvalue weighted by atomic mass is 10.2. The maximum Gasteiger partial charge on any atom is 0.254 e. The number of carbonyl (C=O) groups excluding carboxylic acids is 1. The van der Waals surface area contributed by atoms with Crippen molar-refractivity contribution in [1.82, 2.24) is 5.32 Å². The summed E-state index contributed by atoms with van der Waals surface area (Å²) in [7, 11) is 0. The zero-order chi connectivity index (χ0) is 11.5. The molecule has 4 heteroatoms. The molecule has 0 aliphatic heterocycles. The van der Waals surface area contributed by atoms with E-state index in [0.29, 0.717) is 12.5 Å². The molecular weight excluding hydrogens is 212 g/mol. The minimum atomic E-state index is -1.08. The third-order valence-electron chi connectivity index (χ3n) is 2.73. The Bertz CT molecular complexity index is 402. The fourth-order valence-corrected chi connectivity index (χ4v) is 1.57. The molecule has 1 aromatic rings. The molecule has 86 valence electrons. The van der Waals surface area contributed by atoms with Crippen LogP contribution in [0, 0.1) is 17.6 Å². The van der Waals surface area contributed by atoms with Gasteiger partial charge in [0.05, 0.1) is 5.56 Å². The Hall–Kier alpha value is -1.45. The van der Waals surface area contributed by atoms with Crippen LogP contribution >= 0.6 is 0 Å². The average molecular weight is 225 g/mol. The maximum absolute atomic E-state index is 13.2. The number of amides is 1. The van der Waals surface area contributed by atoms with Crippen LogP contribution in [-0.2, 0) is 0 Å². The highest BCUT2D eigenvalue weighted by molar-refractivity contribution is 5.94. The number of benzene rings is 1. The lowest BCUT2D eigenvalue weighted by molar-refractivity contribution is 0.0947. The van der Waals surface area contributed by atoms with Gasteiger partial charge in [0, 0.05) is 6.54 Å². The van der Waals surface area contributed by atoms with Gasteiger partial charge in [0.2, 0.25) is 0 Å². The van der Waals surface area contributed by atoms with E-state index in [-0.39, 0.29) is 5.56 Å². The Morgan fingerprint density at radius 3 is 2.81 bits per heavy atom. The summed E-state index contributed by atoms with van der Waals surface area (Å²) in [5.74, 6) is -1.91. The molecule has 0 unspecified atom stereocenters. The molecule has 0 aromatic heterocycles. The van der Waals surface area contributed by atoms with Crippen molar-refractivity contribution in [3.8, 4) is 0 Å². The fraction of sp³-hybridized carbons (Fsp3) is 0.417. The van der Waals surface area contributed by atoms with Gasteiger partial charge in [-0.25, -0.2) is 8.78 Å². The number of carbonyl (C=O) groups is 1. The molecule has 1 aliphatic rings. The lowest BCUT2D eigenvalue weighted by Crippen LogP contribution is -2.25. The molecule has 1 saturated carbocycles. The summed E-state index contributed by atoms with van der Waals surface area (Å²) in [6, 6.07) is 3.61. The summed E-state index contributed by atoms with van der Waals surface area (Å²) in [5.41, 5.74) is -0.226. The van der Waals surface area contributed by atoms with Crippen molar-refractivity contribution in [1.29, 1.82) is 0 Å². The van der Waals surface area contributed by atoms with E-state index in [1.165, 1.54) is 25.0 Å². The SMILES string of the molecule is O=C(NCCC1CC1)c1cccc(F)c1F. The third-order valence-corrected chi connectivity index (χ3v) is 2.73. The number of rotatable bonds is 4. The van der Waals surface area contributed by atoms with Gasteiger partial charge in [0.15, 0.2) is 11.6 Å². The predicted octanol–water partition coefficient (Wildman–Crippen LogP) is 2.49. The summed E-state index contributed by atoms with van der Waals surface area (Å²) in [5, 5.41) is 2.59. The minimum Gasteiger partial charge on any atom is -0.352 e. The predicted molar refractivity (Wildman–Crippen MR) is 56.0 cm³/mol. The highest BCUT2D eigenvalue weighted by Gasteiger charge is 2.21. The molecule has 16 heavy (non-hydrogen) atoms. The summed E-state index contributed by atoms with van der Waals surface area (Å²) in [6.45, 7) is 0.527. The normalized spacial score (nSPS) is 14.9. The molecule has 0 atom stereocenters. The van der Waals surface area contributed by atoms with Gasteiger partial charge in [-0.3, -0.25) is 4.79 Å². The Balaban J connectivity index is 1.93. The first kappa shape index (κ1) is 11.0. The molecule has 0 spiro atoms. The molecule has 0 heterocycles. The zero-order valence-electron chi connectivity index (χ0n) is 8.80. The monoisotopic (exact) mass is 225 g/mol. The van der Waals surface area contributed by atoms with Crippen molar-refractivity contribution in [2.75, 3.05) is 6.54 Å². The van der Waals surface area contributed by atoms with Crippen LogP contribution < -0.4 is 5.32 Å². The van der Waals surface area contributed by atoms with Gasteiger partial charge in [-0.2, -0.15) is 0 Å². The molecule has 1 fully saturated rings. The molecule has 1 amide bonds. The first-order valence-corrected chi connectivity index (χ1v) is 5.40. The average Bonchev–Trinajstić information content (AvgIpc) is 3.06. The Kier molecular flexibility index (Phi) is 3.17. The largest absolute Gasteiger partial charge is 0.352 e. The van der Waals surface area contributed by atoms with E-state index in [1.54, 1.807) is 0 Å². The number of hydrogen-bond acceptors (Lipinski definition) is 1. The summed E-state index contributed by atoms with van der Waals surface area (Å²) in [6.07, 6.45) is 3.34. The van der Waals surface area contributed by atoms with E-state index in [1.807, 2.05) is 0 Å². The van der Waals surface area contributed by atoms with Crippen molar-refractivity contribution >= 4 is 5.91 Å². The molecule has 2 rings (SSSR count). The molecule has 0 saturated heterocycles. The van der Waals surface area contributed by atoms with Gasteiger partial charge >= 0.3 is 0 Å². The van der Waals surface area contributed by atoms with Crippen LogP contribution in [0.15, 0.2) is 18.2 Å². The van der Waals surface area contributed by atoms with Gasteiger partial charge in [-0.05, 0) is 24.5 Å². The molecule has 0 bridgehead atoms. The number of halogens is 2. The lowest BCUT2D eigenvalue weighted by Gasteiger charge is -2.05. The highest BCUT2D eigenvalue weighted by Crippen LogP contribution is 2.31. The highest BCUT2D eigenvalue weighted by atomic mass is 19.2. The van der Waals surface area contributed by atoms with Gasteiger partial charge in [-0.15, -0.1) is 0 Å². The van der Waals surface area contributed by atoms with Crippen LogP contribution in [0.25, 0.3) is 0 Å². The Morgan fingerprint density at radius 1 is 1.38 bits per heavy atom. The number of hydrogen-bond donors (Lipinski definition) is 1. The van der Waals surface area contributed by atoms with E-state index >= 15 is 0 Å². The van der Waals surface area contributed by atoms with Crippen LogP contribution in [0.1, 0.15) is 29.6 Å². The topological polar surface area (TPSA) is 29.1 Å². The van der Waals surface area contributed by atoms with Gasteiger partial charge < -0.3 is 5.32 Å². The second-order valence-electron chi connectivity index (χ2n) is 4.09. The van der Waals surface area contributed by atoms with E-state index < -0.39 is 17.5 Å². The van der Waals surface area contributed by atoms with Crippen molar-refractivity contribution in [2.24, 2.45) is 5.92 Å². The van der Waals surface area contributed by atoms with Crippen LogP contribution in [0.5, 0.6) is 0 Å². The Labute approximate surface area is 92.7 Å². The van der Waals surface area contributed by atoms with E-state index in [9.17, 15) is 13.6 Å². The van der Waals surface area contributed by atoms with Gasteiger partial charge in [0.25, 0.3) is 5.91 Å². The summed E-state index contributed by atoms with van der Waals surface area (Å²) in [4.78, 5) is 11.5. The second kappa shape index (κ2) is 4.60. The van der Waals surface area contributed by atoms with Gasteiger partial charge in [-0.1, -0.05) is 18.9 Å². The molecule has 1 N–H and O–H groups in total. The molecular formula is C12H13F2NO. The molecule has 1 aromatic carbocycles. The van der Waals surface area contributed by atoms with E-state index in [4.69, 9.17) is 0 Å². The minimum absolute atomic E-state index is 0.226. The zero-order valence-corrected chi connectivity index (χ0v) is 8.80. The standard InChI is InChI=1S/C12H13F2NO/c13-10-3-1-2-9(11(10)14)12(16)15-7-6-8-4-5-8/h1-3,8H,4-7H2,(H,15,16). The smallest absolute Gasteiger partial charge is 0.254 e. The maximum atomic E-state index is 13.2. The van der Waals surface area contributed by atoms with Crippen molar-refractivity contribution < 1.29 is 13.6 Å². The molecule has 2 nitrogen and oxygen atoms in total. The van der Waals surface area contributed by atoms with Crippen molar-refractivity contribution in [2.45, 2.75) is 19.3 Å². The van der Waals surface area contributed by atoms with Crippen LogP contribution in [0.4, 0.5) is 8.78 Å². The van der Waals surface area contributed by atoms with Crippen molar-refractivity contribution in [3.05, 3.63) is 35.4 Å². The van der Waals surface area contributed by atoms with Crippen LogP contribution in [0.3, 0.4) is 0 Å².